The molecule has 6 heteroatoms. The van der Waals surface area contributed by atoms with Crippen molar-refractivity contribution >= 4 is 10.0 Å². The summed E-state index contributed by atoms with van der Waals surface area (Å²) in [7, 11) is -3.48. The average molecular weight is 285 g/mol. The molecule has 19 heavy (non-hydrogen) atoms. The van der Waals surface area contributed by atoms with Gasteiger partial charge in [0.05, 0.1) is 18.1 Å². The van der Waals surface area contributed by atoms with E-state index in [2.05, 4.69) is 4.72 Å². The SMILES string of the molecule is CCCOc1ccc(S(=O)(=O)NC2CC2)cc1CO. The smallest absolute Gasteiger partial charge is 0.240 e. The second kappa shape index (κ2) is 5.90. The molecule has 2 rings (SSSR count). The molecule has 0 radical (unpaired) electrons. The summed E-state index contributed by atoms with van der Waals surface area (Å²) >= 11 is 0. The molecule has 0 amide bonds. The van der Waals surface area contributed by atoms with Crippen LogP contribution in [0.5, 0.6) is 5.75 Å². The molecule has 1 aromatic carbocycles. The van der Waals surface area contributed by atoms with Crippen molar-refractivity contribution in [3.63, 3.8) is 0 Å². The van der Waals surface area contributed by atoms with Crippen molar-refractivity contribution in [3.05, 3.63) is 23.8 Å². The summed E-state index contributed by atoms with van der Waals surface area (Å²) in [6.45, 7) is 2.28. The molecule has 1 saturated carbocycles. The van der Waals surface area contributed by atoms with E-state index in [1.165, 1.54) is 12.1 Å². The Kier molecular flexibility index (Phi) is 4.44. The lowest BCUT2D eigenvalue weighted by molar-refractivity contribution is 0.262. The van der Waals surface area contributed by atoms with Gasteiger partial charge in [0.25, 0.3) is 0 Å². The number of aliphatic hydroxyl groups is 1. The Morgan fingerprint density at radius 1 is 1.42 bits per heavy atom. The number of benzene rings is 1. The Morgan fingerprint density at radius 3 is 2.74 bits per heavy atom. The van der Waals surface area contributed by atoms with E-state index < -0.39 is 10.0 Å². The first kappa shape index (κ1) is 14.3. The summed E-state index contributed by atoms with van der Waals surface area (Å²) < 4.78 is 32.2. The first-order valence-corrected chi connectivity index (χ1v) is 7.94. The van der Waals surface area contributed by atoms with Crippen molar-refractivity contribution in [2.75, 3.05) is 6.61 Å². The minimum atomic E-state index is -3.48. The fraction of sp³-hybridized carbons (Fsp3) is 0.538. The monoisotopic (exact) mass is 285 g/mol. The third kappa shape index (κ3) is 3.68. The van der Waals surface area contributed by atoms with Crippen LogP contribution in [-0.2, 0) is 16.6 Å². The molecule has 1 aliphatic rings. The highest BCUT2D eigenvalue weighted by Crippen LogP contribution is 2.26. The number of hydrogen-bond acceptors (Lipinski definition) is 4. The lowest BCUT2D eigenvalue weighted by Crippen LogP contribution is -2.25. The van der Waals surface area contributed by atoms with Crippen LogP contribution in [0.3, 0.4) is 0 Å². The summed E-state index contributed by atoms with van der Waals surface area (Å²) in [5.74, 6) is 0.537. The van der Waals surface area contributed by atoms with Crippen molar-refractivity contribution in [1.29, 1.82) is 0 Å². The number of rotatable bonds is 7. The highest BCUT2D eigenvalue weighted by molar-refractivity contribution is 7.89. The molecule has 0 aromatic heterocycles. The van der Waals surface area contributed by atoms with Crippen LogP contribution in [0.25, 0.3) is 0 Å². The molecular formula is C13H19NO4S. The topological polar surface area (TPSA) is 75.6 Å². The number of nitrogens with one attached hydrogen (secondary N) is 1. The summed E-state index contributed by atoms with van der Waals surface area (Å²) in [5.41, 5.74) is 0.493. The van der Waals surface area contributed by atoms with Gasteiger partial charge in [0.15, 0.2) is 0 Å². The zero-order valence-corrected chi connectivity index (χ0v) is 11.7. The molecule has 2 N–H and O–H groups in total. The van der Waals surface area contributed by atoms with Crippen LogP contribution in [0.4, 0.5) is 0 Å². The van der Waals surface area contributed by atoms with E-state index in [9.17, 15) is 13.5 Å². The Labute approximate surface area is 113 Å². The van der Waals surface area contributed by atoms with E-state index in [-0.39, 0.29) is 17.5 Å². The van der Waals surface area contributed by atoms with Gasteiger partial charge in [0, 0.05) is 11.6 Å². The van der Waals surface area contributed by atoms with Gasteiger partial charge in [0.2, 0.25) is 10.0 Å². The van der Waals surface area contributed by atoms with Gasteiger partial charge in [-0.1, -0.05) is 6.92 Å². The highest BCUT2D eigenvalue weighted by Gasteiger charge is 2.28. The largest absolute Gasteiger partial charge is 0.493 e. The Balaban J connectivity index is 2.22. The van der Waals surface area contributed by atoms with Gasteiger partial charge in [-0.3, -0.25) is 0 Å². The predicted octanol–water partition coefficient (Wildman–Crippen LogP) is 1.41. The zero-order chi connectivity index (χ0) is 13.9. The molecule has 0 bridgehead atoms. The summed E-state index contributed by atoms with van der Waals surface area (Å²) in [5, 5.41) is 9.31. The maximum absolute atomic E-state index is 12.0. The summed E-state index contributed by atoms with van der Waals surface area (Å²) in [4.78, 5) is 0.173. The van der Waals surface area contributed by atoms with Crippen molar-refractivity contribution in [2.45, 2.75) is 43.7 Å². The molecule has 0 unspecified atom stereocenters. The van der Waals surface area contributed by atoms with Gasteiger partial charge in [-0.2, -0.15) is 0 Å². The van der Waals surface area contributed by atoms with E-state index in [4.69, 9.17) is 4.74 Å². The number of sulfonamides is 1. The molecule has 5 nitrogen and oxygen atoms in total. The second-order valence-electron chi connectivity index (χ2n) is 4.67. The number of ether oxygens (including phenoxy) is 1. The van der Waals surface area contributed by atoms with Crippen molar-refractivity contribution < 1.29 is 18.3 Å². The second-order valence-corrected chi connectivity index (χ2v) is 6.39. The van der Waals surface area contributed by atoms with Crippen LogP contribution in [-0.4, -0.2) is 26.2 Å². The maximum Gasteiger partial charge on any atom is 0.240 e. The first-order chi connectivity index (χ1) is 9.06. The van der Waals surface area contributed by atoms with E-state index in [0.29, 0.717) is 17.9 Å². The van der Waals surface area contributed by atoms with E-state index in [1.54, 1.807) is 6.07 Å². The van der Waals surface area contributed by atoms with Crippen molar-refractivity contribution in [3.8, 4) is 5.75 Å². The molecule has 0 saturated heterocycles. The quantitative estimate of drug-likeness (QED) is 0.794. The van der Waals surface area contributed by atoms with Crippen LogP contribution in [0.2, 0.25) is 0 Å². The number of aliphatic hydroxyl groups excluding tert-OH is 1. The van der Waals surface area contributed by atoms with Crippen LogP contribution < -0.4 is 9.46 Å². The fourth-order valence-electron chi connectivity index (χ4n) is 1.69. The zero-order valence-electron chi connectivity index (χ0n) is 10.9. The van der Waals surface area contributed by atoms with E-state index >= 15 is 0 Å². The van der Waals surface area contributed by atoms with E-state index in [0.717, 1.165) is 19.3 Å². The number of hydrogen-bond donors (Lipinski definition) is 2. The normalized spacial score (nSPS) is 15.5. The molecular weight excluding hydrogens is 266 g/mol. The summed E-state index contributed by atoms with van der Waals surface area (Å²) in [6.07, 6.45) is 2.64. The van der Waals surface area contributed by atoms with Crippen molar-refractivity contribution in [1.82, 2.24) is 4.72 Å². The lowest BCUT2D eigenvalue weighted by atomic mass is 10.2. The molecule has 1 aliphatic carbocycles. The molecule has 0 aliphatic heterocycles. The molecule has 1 fully saturated rings. The Hall–Kier alpha value is -1.11. The van der Waals surface area contributed by atoms with Gasteiger partial charge in [-0.15, -0.1) is 0 Å². The Morgan fingerprint density at radius 2 is 2.16 bits per heavy atom. The van der Waals surface area contributed by atoms with Gasteiger partial charge in [-0.25, -0.2) is 13.1 Å². The molecule has 1 aromatic rings. The van der Waals surface area contributed by atoms with Gasteiger partial charge >= 0.3 is 0 Å². The minimum absolute atomic E-state index is 0.0681. The third-order valence-electron chi connectivity index (χ3n) is 2.87. The fourth-order valence-corrected chi connectivity index (χ4v) is 3.04. The minimum Gasteiger partial charge on any atom is -0.493 e. The molecule has 0 heterocycles. The molecule has 0 spiro atoms. The van der Waals surface area contributed by atoms with Crippen LogP contribution in [0, 0.1) is 0 Å². The average Bonchev–Trinajstić information content (AvgIpc) is 3.19. The lowest BCUT2D eigenvalue weighted by Gasteiger charge is -2.12. The van der Waals surface area contributed by atoms with Crippen molar-refractivity contribution in [2.24, 2.45) is 0 Å². The van der Waals surface area contributed by atoms with Crippen LogP contribution in [0.15, 0.2) is 23.1 Å². The van der Waals surface area contributed by atoms with Gasteiger partial charge < -0.3 is 9.84 Å². The maximum atomic E-state index is 12.0. The highest BCUT2D eigenvalue weighted by atomic mass is 32.2. The summed E-state index contributed by atoms with van der Waals surface area (Å²) in [6, 6.07) is 4.64. The molecule has 0 atom stereocenters. The first-order valence-electron chi connectivity index (χ1n) is 6.45. The third-order valence-corrected chi connectivity index (χ3v) is 4.39. The molecule has 106 valence electrons. The Bertz CT molecular complexity index is 538. The van der Waals surface area contributed by atoms with Gasteiger partial charge in [-0.05, 0) is 37.5 Å². The van der Waals surface area contributed by atoms with E-state index in [1.807, 2.05) is 6.92 Å². The van der Waals surface area contributed by atoms with Gasteiger partial charge in [0.1, 0.15) is 5.75 Å². The standard InChI is InChI=1S/C13H19NO4S/c1-2-7-18-13-6-5-12(8-10(13)9-15)19(16,17)14-11-3-4-11/h5-6,8,11,14-15H,2-4,7,9H2,1H3. The predicted molar refractivity (Wildman–Crippen MR) is 71.5 cm³/mol. The van der Waals surface area contributed by atoms with Crippen LogP contribution in [0.1, 0.15) is 31.7 Å². The van der Waals surface area contributed by atoms with Crippen LogP contribution >= 0.6 is 0 Å².